The number of carbonyl (C=O) groups is 2. The standard InChI is InChI=1S/C22H27NO5/c1-16-7-5-8-17(13-16)11-12-27-21(25)23-15-18-9-6-10-19(14-18)28-22(2,3)20(24)26-4/h5-10,13-14H,11-12,15H2,1-4H3,(H,23,25). The predicted octanol–water partition coefficient (Wildman–Crippen LogP) is 3.79. The van der Waals surface area contributed by atoms with Crippen LogP contribution in [0.15, 0.2) is 48.5 Å². The lowest BCUT2D eigenvalue weighted by atomic mass is 10.1. The molecule has 0 aliphatic heterocycles. The highest BCUT2D eigenvalue weighted by Gasteiger charge is 2.31. The Bertz CT molecular complexity index is 816. The first kappa shape index (κ1) is 21.3. The van der Waals surface area contributed by atoms with Crippen LogP contribution in [0.25, 0.3) is 0 Å². The Balaban J connectivity index is 1.80. The van der Waals surface area contributed by atoms with Crippen molar-refractivity contribution in [3.8, 4) is 5.75 Å². The molecule has 0 unspecified atom stereocenters. The Hall–Kier alpha value is -3.02. The zero-order valence-corrected chi connectivity index (χ0v) is 16.8. The zero-order valence-electron chi connectivity index (χ0n) is 16.8. The number of benzene rings is 2. The third kappa shape index (κ3) is 6.61. The van der Waals surface area contributed by atoms with E-state index in [1.165, 1.54) is 12.7 Å². The monoisotopic (exact) mass is 385 g/mol. The molecular weight excluding hydrogens is 358 g/mol. The van der Waals surface area contributed by atoms with E-state index in [0.717, 1.165) is 11.1 Å². The molecule has 0 heterocycles. The average molecular weight is 385 g/mol. The lowest BCUT2D eigenvalue weighted by molar-refractivity contribution is -0.156. The first-order valence-electron chi connectivity index (χ1n) is 9.13. The SMILES string of the molecule is COC(=O)C(C)(C)Oc1cccc(CNC(=O)OCCc2cccc(C)c2)c1. The largest absolute Gasteiger partial charge is 0.476 e. The summed E-state index contributed by atoms with van der Waals surface area (Å²) < 4.78 is 15.7. The number of carbonyl (C=O) groups excluding carboxylic acids is 2. The number of nitrogens with one attached hydrogen (secondary N) is 1. The number of hydrogen-bond acceptors (Lipinski definition) is 5. The molecule has 28 heavy (non-hydrogen) atoms. The number of aryl methyl sites for hydroxylation is 1. The molecule has 0 aliphatic rings. The molecule has 0 spiro atoms. The van der Waals surface area contributed by atoms with Crippen molar-refractivity contribution < 1.29 is 23.8 Å². The van der Waals surface area contributed by atoms with Crippen LogP contribution in [-0.4, -0.2) is 31.4 Å². The summed E-state index contributed by atoms with van der Waals surface area (Å²) >= 11 is 0. The van der Waals surface area contributed by atoms with Gasteiger partial charge in [0.25, 0.3) is 0 Å². The van der Waals surface area contributed by atoms with Crippen molar-refractivity contribution in [2.75, 3.05) is 13.7 Å². The van der Waals surface area contributed by atoms with Crippen LogP contribution in [0.3, 0.4) is 0 Å². The number of rotatable bonds is 8. The summed E-state index contributed by atoms with van der Waals surface area (Å²) in [6.45, 7) is 5.90. The third-order valence-electron chi connectivity index (χ3n) is 4.09. The van der Waals surface area contributed by atoms with Gasteiger partial charge in [-0.2, -0.15) is 0 Å². The van der Waals surface area contributed by atoms with Gasteiger partial charge >= 0.3 is 12.1 Å². The predicted molar refractivity (Wildman–Crippen MR) is 106 cm³/mol. The van der Waals surface area contributed by atoms with E-state index in [1.54, 1.807) is 32.0 Å². The fraction of sp³-hybridized carbons (Fsp3) is 0.364. The molecule has 0 saturated carbocycles. The molecule has 2 aromatic rings. The summed E-state index contributed by atoms with van der Waals surface area (Å²) in [4.78, 5) is 23.6. The highest BCUT2D eigenvalue weighted by molar-refractivity contribution is 5.78. The Labute approximate surface area is 165 Å². The molecule has 0 fully saturated rings. The third-order valence-corrected chi connectivity index (χ3v) is 4.09. The molecule has 2 rings (SSSR count). The molecule has 0 saturated heterocycles. The van der Waals surface area contributed by atoms with Gasteiger partial charge in [0.2, 0.25) is 0 Å². The van der Waals surface area contributed by atoms with Crippen LogP contribution < -0.4 is 10.1 Å². The molecule has 1 N–H and O–H groups in total. The van der Waals surface area contributed by atoms with E-state index in [0.29, 0.717) is 25.3 Å². The van der Waals surface area contributed by atoms with E-state index in [9.17, 15) is 9.59 Å². The van der Waals surface area contributed by atoms with Gasteiger partial charge in [0.1, 0.15) is 5.75 Å². The first-order valence-corrected chi connectivity index (χ1v) is 9.13. The van der Waals surface area contributed by atoms with Crippen molar-refractivity contribution in [3.63, 3.8) is 0 Å². The second-order valence-electron chi connectivity index (χ2n) is 6.98. The van der Waals surface area contributed by atoms with Crippen LogP contribution in [0.1, 0.15) is 30.5 Å². The normalized spacial score (nSPS) is 10.9. The minimum atomic E-state index is -1.10. The maximum absolute atomic E-state index is 11.9. The number of alkyl carbamates (subject to hydrolysis) is 1. The summed E-state index contributed by atoms with van der Waals surface area (Å²) in [6, 6.07) is 15.3. The summed E-state index contributed by atoms with van der Waals surface area (Å²) in [5.41, 5.74) is 2.04. The van der Waals surface area contributed by atoms with Crippen molar-refractivity contribution in [3.05, 3.63) is 65.2 Å². The second-order valence-corrected chi connectivity index (χ2v) is 6.98. The van der Waals surface area contributed by atoms with Gasteiger partial charge in [-0.15, -0.1) is 0 Å². The quantitative estimate of drug-likeness (QED) is 0.700. The summed E-state index contributed by atoms with van der Waals surface area (Å²) in [5.74, 6) is 0.0516. The van der Waals surface area contributed by atoms with Gasteiger partial charge in [-0.1, -0.05) is 42.0 Å². The van der Waals surface area contributed by atoms with E-state index in [2.05, 4.69) is 11.4 Å². The number of hydrogen-bond donors (Lipinski definition) is 1. The lowest BCUT2D eigenvalue weighted by Crippen LogP contribution is -2.39. The molecule has 0 atom stereocenters. The van der Waals surface area contributed by atoms with Gasteiger partial charge in [0.05, 0.1) is 13.7 Å². The van der Waals surface area contributed by atoms with Crippen molar-refractivity contribution in [1.29, 1.82) is 0 Å². The highest BCUT2D eigenvalue weighted by atomic mass is 16.6. The van der Waals surface area contributed by atoms with E-state index in [1.807, 2.05) is 31.2 Å². The summed E-state index contributed by atoms with van der Waals surface area (Å²) in [5, 5.41) is 2.71. The van der Waals surface area contributed by atoms with Crippen LogP contribution >= 0.6 is 0 Å². The van der Waals surface area contributed by atoms with Crippen LogP contribution in [0.4, 0.5) is 4.79 Å². The van der Waals surface area contributed by atoms with Gasteiger partial charge in [-0.3, -0.25) is 0 Å². The van der Waals surface area contributed by atoms with E-state index < -0.39 is 17.7 Å². The fourth-order valence-corrected chi connectivity index (χ4v) is 2.66. The Morgan fingerprint density at radius 1 is 1.04 bits per heavy atom. The second kappa shape index (κ2) is 9.78. The van der Waals surface area contributed by atoms with E-state index in [4.69, 9.17) is 14.2 Å². The smallest absolute Gasteiger partial charge is 0.407 e. The number of esters is 1. The van der Waals surface area contributed by atoms with Crippen LogP contribution in [-0.2, 0) is 27.2 Å². The van der Waals surface area contributed by atoms with Crippen molar-refractivity contribution in [1.82, 2.24) is 5.32 Å². The maximum Gasteiger partial charge on any atom is 0.407 e. The van der Waals surface area contributed by atoms with Crippen LogP contribution in [0.5, 0.6) is 5.75 Å². The zero-order chi connectivity index (χ0) is 20.6. The Morgan fingerprint density at radius 3 is 2.46 bits per heavy atom. The number of ether oxygens (including phenoxy) is 3. The minimum Gasteiger partial charge on any atom is -0.476 e. The van der Waals surface area contributed by atoms with Crippen LogP contribution in [0, 0.1) is 6.92 Å². The van der Waals surface area contributed by atoms with Gasteiger partial charge in [0.15, 0.2) is 5.60 Å². The Kier molecular flexibility index (Phi) is 7.44. The average Bonchev–Trinajstić information content (AvgIpc) is 2.65. The van der Waals surface area contributed by atoms with E-state index in [-0.39, 0.29) is 0 Å². The molecule has 0 aliphatic carbocycles. The van der Waals surface area contributed by atoms with Crippen molar-refractivity contribution >= 4 is 12.1 Å². The van der Waals surface area contributed by atoms with Gasteiger partial charge in [0, 0.05) is 13.0 Å². The van der Waals surface area contributed by atoms with Gasteiger partial charge in [-0.05, 0) is 44.0 Å². The minimum absolute atomic E-state index is 0.291. The molecule has 1 amide bonds. The molecule has 6 heteroatoms. The number of amides is 1. The summed E-state index contributed by atoms with van der Waals surface area (Å²) in [6.07, 6.45) is 0.190. The molecule has 6 nitrogen and oxygen atoms in total. The molecule has 0 radical (unpaired) electrons. The fourth-order valence-electron chi connectivity index (χ4n) is 2.66. The Morgan fingerprint density at radius 2 is 1.75 bits per heavy atom. The molecule has 0 bridgehead atoms. The van der Waals surface area contributed by atoms with Gasteiger partial charge < -0.3 is 19.5 Å². The molecule has 150 valence electrons. The van der Waals surface area contributed by atoms with Gasteiger partial charge in [-0.25, -0.2) is 9.59 Å². The molecular formula is C22H27NO5. The number of methoxy groups -OCH3 is 1. The maximum atomic E-state index is 11.9. The highest BCUT2D eigenvalue weighted by Crippen LogP contribution is 2.20. The van der Waals surface area contributed by atoms with Crippen molar-refractivity contribution in [2.24, 2.45) is 0 Å². The summed E-state index contributed by atoms with van der Waals surface area (Å²) in [7, 11) is 1.32. The van der Waals surface area contributed by atoms with E-state index >= 15 is 0 Å². The molecule has 0 aromatic heterocycles. The molecule has 2 aromatic carbocycles. The van der Waals surface area contributed by atoms with Crippen molar-refractivity contribution in [2.45, 2.75) is 39.3 Å². The first-order chi connectivity index (χ1) is 13.3. The topological polar surface area (TPSA) is 73.9 Å². The lowest BCUT2D eigenvalue weighted by Gasteiger charge is -2.23. The van der Waals surface area contributed by atoms with Crippen LogP contribution in [0.2, 0.25) is 0 Å².